The van der Waals surface area contributed by atoms with Gasteiger partial charge in [-0.15, -0.1) is 0 Å². The van der Waals surface area contributed by atoms with Gasteiger partial charge >= 0.3 is 0 Å². The predicted molar refractivity (Wildman–Crippen MR) is 122 cm³/mol. The van der Waals surface area contributed by atoms with Gasteiger partial charge in [0.25, 0.3) is 0 Å². The molecule has 0 saturated carbocycles. The molecule has 0 radical (unpaired) electrons. The molecule has 0 fully saturated rings. The van der Waals surface area contributed by atoms with Crippen molar-refractivity contribution in [3.63, 3.8) is 0 Å². The van der Waals surface area contributed by atoms with Crippen LogP contribution in [-0.2, 0) is 0 Å². The molecule has 2 aliphatic rings. The maximum atomic E-state index is 10.1. The third-order valence-corrected chi connectivity index (χ3v) is 7.14. The van der Waals surface area contributed by atoms with E-state index in [9.17, 15) is 5.11 Å². The third-order valence-electron chi connectivity index (χ3n) is 7.14. The minimum atomic E-state index is -0.404. The van der Waals surface area contributed by atoms with Gasteiger partial charge < -0.3 is 5.11 Å². The van der Waals surface area contributed by atoms with Crippen LogP contribution in [0.3, 0.4) is 0 Å². The first kappa shape index (κ1) is 21.6. The Bertz CT molecular complexity index is 726. The standard InChI is InChI=1S/C26H42NO/c1-7-8-9-10-11-12-13-21-17-26(3,4)18-24-25(21)22-15-14-20(19(2)28)16-23(22)27(24,5)6/h14-16,19,21,28H,7-13,17-18H2,1-6H3/q+1. The molecule has 1 aliphatic heterocycles. The molecule has 0 saturated heterocycles. The van der Waals surface area contributed by atoms with E-state index in [1.54, 1.807) is 11.3 Å². The predicted octanol–water partition coefficient (Wildman–Crippen LogP) is 7.22. The number of fused-ring (bicyclic) bond motifs is 2. The van der Waals surface area contributed by atoms with Crippen LogP contribution in [0.5, 0.6) is 0 Å². The molecule has 1 aromatic rings. The average molecular weight is 385 g/mol. The number of quaternary nitrogens is 1. The van der Waals surface area contributed by atoms with E-state index >= 15 is 0 Å². The van der Waals surface area contributed by atoms with Gasteiger partial charge in [-0.2, -0.15) is 0 Å². The summed E-state index contributed by atoms with van der Waals surface area (Å²) in [6.45, 7) is 9.07. The maximum absolute atomic E-state index is 10.1. The summed E-state index contributed by atoms with van der Waals surface area (Å²) in [7, 11) is 4.69. The fraction of sp³-hybridized carbons (Fsp3) is 0.692. The molecular formula is C26H42NO+. The highest BCUT2D eigenvalue weighted by Gasteiger charge is 2.48. The molecule has 2 atom stereocenters. The monoisotopic (exact) mass is 384 g/mol. The zero-order valence-corrected chi connectivity index (χ0v) is 19.1. The molecule has 3 rings (SSSR count). The van der Waals surface area contributed by atoms with Gasteiger partial charge in [-0.05, 0) is 42.7 Å². The second kappa shape index (κ2) is 8.32. The second-order valence-electron chi connectivity index (χ2n) is 10.6. The molecule has 1 N–H and O–H groups in total. The normalized spacial score (nSPS) is 23.5. The van der Waals surface area contributed by atoms with Crippen LogP contribution in [0.1, 0.15) is 103 Å². The van der Waals surface area contributed by atoms with Gasteiger partial charge in [-0.25, -0.2) is 0 Å². The van der Waals surface area contributed by atoms with Gasteiger partial charge in [0.05, 0.1) is 20.2 Å². The van der Waals surface area contributed by atoms with E-state index in [1.165, 1.54) is 69.0 Å². The van der Waals surface area contributed by atoms with Crippen LogP contribution in [-0.4, -0.2) is 19.2 Å². The lowest BCUT2D eigenvalue weighted by Crippen LogP contribution is -2.41. The van der Waals surface area contributed by atoms with E-state index in [-0.39, 0.29) is 0 Å². The highest BCUT2D eigenvalue weighted by Crippen LogP contribution is 2.56. The zero-order valence-electron chi connectivity index (χ0n) is 19.1. The van der Waals surface area contributed by atoms with Crippen molar-refractivity contribution in [3.05, 3.63) is 35.0 Å². The van der Waals surface area contributed by atoms with Crippen LogP contribution in [0.2, 0.25) is 0 Å². The molecule has 1 aromatic carbocycles. The van der Waals surface area contributed by atoms with E-state index in [1.807, 2.05) is 6.92 Å². The third kappa shape index (κ3) is 4.24. The first-order chi connectivity index (χ1) is 13.2. The van der Waals surface area contributed by atoms with E-state index < -0.39 is 6.10 Å². The molecule has 2 heteroatoms. The Labute approximate surface area is 173 Å². The first-order valence-electron chi connectivity index (χ1n) is 11.6. The quantitative estimate of drug-likeness (QED) is 0.370. The van der Waals surface area contributed by atoms with Crippen LogP contribution in [0.4, 0.5) is 5.69 Å². The number of unbranched alkanes of at least 4 members (excludes halogenated alkanes) is 5. The average Bonchev–Trinajstić information content (AvgIpc) is 2.84. The Morgan fingerprint density at radius 2 is 1.79 bits per heavy atom. The maximum Gasteiger partial charge on any atom is 0.145 e. The summed E-state index contributed by atoms with van der Waals surface area (Å²) in [6.07, 6.45) is 11.6. The van der Waals surface area contributed by atoms with Gasteiger partial charge in [0, 0.05) is 23.6 Å². The van der Waals surface area contributed by atoms with Crippen molar-refractivity contribution in [1.82, 2.24) is 4.48 Å². The Morgan fingerprint density at radius 1 is 1.11 bits per heavy atom. The molecule has 0 spiro atoms. The lowest BCUT2D eigenvalue weighted by atomic mass is 9.68. The number of rotatable bonds is 8. The molecule has 2 unspecified atom stereocenters. The summed E-state index contributed by atoms with van der Waals surface area (Å²) >= 11 is 0. The van der Waals surface area contributed by atoms with Gasteiger partial charge in [0.15, 0.2) is 0 Å². The minimum absolute atomic E-state index is 0.371. The largest absolute Gasteiger partial charge is 0.389 e. The summed E-state index contributed by atoms with van der Waals surface area (Å²) in [5.41, 5.74) is 7.51. The van der Waals surface area contributed by atoms with E-state index in [4.69, 9.17) is 0 Å². The van der Waals surface area contributed by atoms with E-state index in [0.717, 1.165) is 10.0 Å². The summed E-state index contributed by atoms with van der Waals surface area (Å²) < 4.78 is 0.863. The Kier molecular flexibility index (Phi) is 6.41. The summed E-state index contributed by atoms with van der Waals surface area (Å²) in [5.74, 6) is 0.681. The molecule has 1 heterocycles. The lowest BCUT2D eigenvalue weighted by molar-refractivity contribution is 0.199. The summed E-state index contributed by atoms with van der Waals surface area (Å²) in [6, 6.07) is 6.69. The van der Waals surface area contributed by atoms with E-state index in [2.05, 4.69) is 53.1 Å². The fourth-order valence-corrected chi connectivity index (χ4v) is 5.56. The molecule has 28 heavy (non-hydrogen) atoms. The van der Waals surface area contributed by atoms with Crippen molar-refractivity contribution in [3.8, 4) is 0 Å². The van der Waals surface area contributed by atoms with Crippen LogP contribution < -0.4 is 4.48 Å². The molecule has 0 amide bonds. The molecule has 2 nitrogen and oxygen atoms in total. The number of aliphatic hydroxyl groups is 1. The topological polar surface area (TPSA) is 20.2 Å². The molecular weight excluding hydrogens is 342 g/mol. The van der Waals surface area contributed by atoms with Gasteiger partial charge in [0.2, 0.25) is 0 Å². The molecule has 0 aromatic heterocycles. The van der Waals surface area contributed by atoms with Crippen molar-refractivity contribution in [1.29, 1.82) is 0 Å². The zero-order chi connectivity index (χ0) is 20.5. The SMILES string of the molecule is CCCCCCCCC1CC(C)(C)CC2=C1c1ccc(C(C)O)cc1[N+]2(C)C. The van der Waals surface area contributed by atoms with Gasteiger partial charge in [0.1, 0.15) is 11.4 Å². The van der Waals surface area contributed by atoms with Crippen molar-refractivity contribution in [2.75, 3.05) is 14.1 Å². The number of benzene rings is 1. The van der Waals surface area contributed by atoms with Crippen LogP contribution in [0.15, 0.2) is 23.9 Å². The highest BCUT2D eigenvalue weighted by atomic mass is 16.3. The fourth-order valence-electron chi connectivity index (χ4n) is 5.56. The molecule has 156 valence electrons. The summed E-state index contributed by atoms with van der Waals surface area (Å²) in [4.78, 5) is 0. The molecule has 1 aliphatic carbocycles. The Balaban J connectivity index is 1.86. The van der Waals surface area contributed by atoms with E-state index in [0.29, 0.717) is 11.3 Å². The van der Waals surface area contributed by atoms with Crippen molar-refractivity contribution >= 4 is 11.3 Å². The smallest absolute Gasteiger partial charge is 0.145 e. The van der Waals surface area contributed by atoms with Crippen LogP contribution in [0, 0.1) is 11.3 Å². The Hall–Kier alpha value is -1.12. The Morgan fingerprint density at radius 3 is 2.46 bits per heavy atom. The summed E-state index contributed by atoms with van der Waals surface area (Å²) in [5, 5.41) is 10.1. The van der Waals surface area contributed by atoms with Crippen LogP contribution in [0.25, 0.3) is 5.57 Å². The lowest BCUT2D eigenvalue weighted by Gasteiger charge is -2.39. The van der Waals surface area contributed by atoms with Crippen LogP contribution >= 0.6 is 0 Å². The number of hydrogen-bond acceptors (Lipinski definition) is 1. The number of nitrogens with zero attached hydrogens (tertiary/aromatic N) is 1. The molecule has 0 bridgehead atoms. The van der Waals surface area contributed by atoms with Gasteiger partial charge in [-0.3, -0.25) is 4.48 Å². The first-order valence-corrected chi connectivity index (χ1v) is 11.6. The van der Waals surface area contributed by atoms with Crippen molar-refractivity contribution in [2.24, 2.45) is 11.3 Å². The van der Waals surface area contributed by atoms with Gasteiger partial charge in [-0.1, -0.05) is 65.4 Å². The van der Waals surface area contributed by atoms with Crippen molar-refractivity contribution < 1.29 is 5.11 Å². The second-order valence-corrected chi connectivity index (χ2v) is 10.6. The number of aliphatic hydroxyl groups excluding tert-OH is 1. The number of hydrogen-bond donors (Lipinski definition) is 1. The minimum Gasteiger partial charge on any atom is -0.389 e. The highest BCUT2D eigenvalue weighted by molar-refractivity contribution is 5.87. The van der Waals surface area contributed by atoms with Crippen molar-refractivity contribution in [2.45, 2.75) is 91.6 Å². The number of allylic oxidation sites excluding steroid dienone is 2.